The molecule has 0 aromatic heterocycles. The van der Waals surface area contributed by atoms with Crippen molar-refractivity contribution in [2.75, 3.05) is 24.2 Å². The summed E-state index contributed by atoms with van der Waals surface area (Å²) in [6.45, 7) is 3.17. The number of hydrazone groups is 1. The highest BCUT2D eigenvalue weighted by Gasteiger charge is 2.23. The van der Waals surface area contributed by atoms with Gasteiger partial charge < -0.3 is 9.84 Å². The number of amides is 1. The van der Waals surface area contributed by atoms with E-state index in [1.807, 2.05) is 6.07 Å². The third-order valence-corrected chi connectivity index (χ3v) is 5.10. The molecule has 0 aliphatic heterocycles. The summed E-state index contributed by atoms with van der Waals surface area (Å²) >= 11 is 0. The number of aryl methyl sites for hydroxylation is 2. The standard InChI is InChI=1S/C19H23N3O5S/c1-13-6-5-7-14(2)19(13)22(28(4,25)26)12-18(24)21-20-11-15-8-9-16(23)17(10-15)27-3/h5-11,23H,12H2,1-4H3,(H,21,24)/b20-11-. The zero-order chi connectivity index (χ0) is 20.9. The largest absolute Gasteiger partial charge is 0.504 e. The molecule has 150 valence electrons. The van der Waals surface area contributed by atoms with Crippen LogP contribution in [0.4, 0.5) is 5.69 Å². The van der Waals surface area contributed by atoms with E-state index >= 15 is 0 Å². The van der Waals surface area contributed by atoms with Crippen molar-refractivity contribution >= 4 is 27.8 Å². The molecular formula is C19H23N3O5S. The van der Waals surface area contributed by atoms with Crippen LogP contribution in [-0.4, -0.2) is 45.6 Å². The summed E-state index contributed by atoms with van der Waals surface area (Å²) in [5.41, 5.74) is 4.88. The number of rotatable bonds is 7. The van der Waals surface area contributed by atoms with Crippen molar-refractivity contribution in [3.8, 4) is 11.5 Å². The molecule has 2 N–H and O–H groups in total. The summed E-state index contributed by atoms with van der Waals surface area (Å²) in [6.07, 6.45) is 2.42. The number of hydrogen-bond acceptors (Lipinski definition) is 6. The average molecular weight is 405 g/mol. The van der Waals surface area contributed by atoms with Crippen LogP contribution in [0.15, 0.2) is 41.5 Å². The predicted octanol–water partition coefficient (Wildman–Crippen LogP) is 1.93. The number of aromatic hydroxyl groups is 1. The van der Waals surface area contributed by atoms with E-state index in [0.29, 0.717) is 11.3 Å². The smallest absolute Gasteiger partial charge is 0.260 e. The molecule has 2 aromatic carbocycles. The number of sulfonamides is 1. The molecule has 0 fully saturated rings. The summed E-state index contributed by atoms with van der Waals surface area (Å²) in [5, 5.41) is 13.4. The first-order valence-corrected chi connectivity index (χ1v) is 10.2. The Hall–Kier alpha value is -3.07. The number of anilines is 1. The second-order valence-corrected chi connectivity index (χ2v) is 8.14. The highest BCUT2D eigenvalue weighted by atomic mass is 32.2. The van der Waals surface area contributed by atoms with Gasteiger partial charge >= 0.3 is 0 Å². The van der Waals surface area contributed by atoms with Crippen LogP contribution >= 0.6 is 0 Å². The van der Waals surface area contributed by atoms with Gasteiger partial charge in [0.1, 0.15) is 6.54 Å². The minimum Gasteiger partial charge on any atom is -0.504 e. The number of carbonyl (C=O) groups excluding carboxylic acids is 1. The number of methoxy groups -OCH3 is 1. The lowest BCUT2D eigenvalue weighted by atomic mass is 10.1. The van der Waals surface area contributed by atoms with Crippen LogP contribution in [0.25, 0.3) is 0 Å². The predicted molar refractivity (Wildman–Crippen MR) is 109 cm³/mol. The van der Waals surface area contributed by atoms with Gasteiger partial charge in [-0.3, -0.25) is 9.10 Å². The van der Waals surface area contributed by atoms with Crippen molar-refractivity contribution in [1.29, 1.82) is 0 Å². The van der Waals surface area contributed by atoms with E-state index in [2.05, 4.69) is 10.5 Å². The third-order valence-electron chi connectivity index (χ3n) is 3.98. The van der Waals surface area contributed by atoms with Gasteiger partial charge in [0.15, 0.2) is 11.5 Å². The number of carbonyl (C=O) groups is 1. The molecule has 28 heavy (non-hydrogen) atoms. The molecule has 2 aromatic rings. The maximum Gasteiger partial charge on any atom is 0.260 e. The lowest BCUT2D eigenvalue weighted by Crippen LogP contribution is -2.39. The van der Waals surface area contributed by atoms with Crippen LogP contribution in [0.2, 0.25) is 0 Å². The molecule has 0 radical (unpaired) electrons. The Morgan fingerprint density at radius 3 is 2.46 bits per heavy atom. The molecular weight excluding hydrogens is 382 g/mol. The van der Waals surface area contributed by atoms with Crippen LogP contribution in [-0.2, 0) is 14.8 Å². The summed E-state index contributed by atoms with van der Waals surface area (Å²) in [6, 6.07) is 9.97. The Kier molecular flexibility index (Phi) is 6.63. The average Bonchev–Trinajstić information content (AvgIpc) is 2.61. The van der Waals surface area contributed by atoms with Crippen LogP contribution in [0.3, 0.4) is 0 Å². The third kappa shape index (κ3) is 5.23. The van der Waals surface area contributed by atoms with E-state index in [0.717, 1.165) is 21.7 Å². The summed E-state index contributed by atoms with van der Waals surface area (Å²) in [5.74, 6) is -0.329. The van der Waals surface area contributed by atoms with Gasteiger partial charge in [0.2, 0.25) is 10.0 Å². The van der Waals surface area contributed by atoms with Crippen molar-refractivity contribution in [2.45, 2.75) is 13.8 Å². The molecule has 0 spiro atoms. The second kappa shape index (κ2) is 8.75. The van der Waals surface area contributed by atoms with Gasteiger partial charge in [-0.05, 0) is 48.7 Å². The number of phenolic OH excluding ortho intramolecular Hbond substituents is 1. The Morgan fingerprint density at radius 2 is 1.89 bits per heavy atom. The quantitative estimate of drug-likeness (QED) is 0.541. The van der Waals surface area contributed by atoms with Crippen molar-refractivity contribution < 1.29 is 23.1 Å². The molecule has 0 saturated heterocycles. The maximum absolute atomic E-state index is 12.3. The molecule has 2 rings (SSSR count). The molecule has 0 aliphatic rings. The minimum atomic E-state index is -3.67. The number of para-hydroxylation sites is 1. The molecule has 9 heteroatoms. The van der Waals surface area contributed by atoms with Gasteiger partial charge in [-0.1, -0.05) is 18.2 Å². The van der Waals surface area contributed by atoms with Crippen molar-refractivity contribution in [3.05, 3.63) is 53.1 Å². The number of phenols is 1. The molecule has 0 bridgehead atoms. The van der Waals surface area contributed by atoms with Gasteiger partial charge in [-0.25, -0.2) is 13.8 Å². The van der Waals surface area contributed by atoms with Crippen LogP contribution in [0.5, 0.6) is 11.5 Å². The Balaban J connectivity index is 2.15. The van der Waals surface area contributed by atoms with Gasteiger partial charge in [0.05, 0.1) is 25.3 Å². The minimum absolute atomic E-state index is 0.0129. The zero-order valence-electron chi connectivity index (χ0n) is 16.1. The number of benzene rings is 2. The van der Waals surface area contributed by atoms with E-state index in [-0.39, 0.29) is 11.5 Å². The molecule has 8 nitrogen and oxygen atoms in total. The second-order valence-electron chi connectivity index (χ2n) is 6.23. The topological polar surface area (TPSA) is 108 Å². The van der Waals surface area contributed by atoms with E-state index < -0.39 is 22.5 Å². The lowest BCUT2D eigenvalue weighted by molar-refractivity contribution is -0.119. The normalized spacial score (nSPS) is 11.4. The Labute approximate surface area is 164 Å². The summed E-state index contributed by atoms with van der Waals surface area (Å²) in [4.78, 5) is 12.3. The fourth-order valence-electron chi connectivity index (χ4n) is 2.68. The first-order valence-electron chi connectivity index (χ1n) is 8.36. The first-order chi connectivity index (χ1) is 13.1. The fraction of sp³-hybridized carbons (Fsp3) is 0.263. The number of hydrogen-bond donors (Lipinski definition) is 2. The lowest BCUT2D eigenvalue weighted by Gasteiger charge is -2.25. The van der Waals surface area contributed by atoms with Gasteiger partial charge in [-0.2, -0.15) is 5.10 Å². The fourth-order valence-corrected chi connectivity index (χ4v) is 3.65. The Bertz CT molecular complexity index is 982. The highest BCUT2D eigenvalue weighted by Crippen LogP contribution is 2.27. The summed E-state index contributed by atoms with van der Waals surface area (Å²) in [7, 11) is -2.25. The van der Waals surface area contributed by atoms with Crippen LogP contribution in [0, 0.1) is 13.8 Å². The maximum atomic E-state index is 12.3. The van der Waals surface area contributed by atoms with Gasteiger partial charge in [-0.15, -0.1) is 0 Å². The molecule has 0 saturated carbocycles. The number of nitrogens with one attached hydrogen (secondary N) is 1. The van der Waals surface area contributed by atoms with Crippen LogP contribution < -0.4 is 14.5 Å². The van der Waals surface area contributed by atoms with Crippen LogP contribution in [0.1, 0.15) is 16.7 Å². The first kappa shape index (κ1) is 21.2. The summed E-state index contributed by atoms with van der Waals surface area (Å²) < 4.78 is 30.5. The molecule has 0 aliphatic carbocycles. The monoisotopic (exact) mass is 405 g/mol. The molecule has 0 atom stereocenters. The van der Waals surface area contributed by atoms with Gasteiger partial charge in [0.25, 0.3) is 5.91 Å². The molecule has 1 amide bonds. The van der Waals surface area contributed by atoms with E-state index in [1.165, 1.54) is 19.4 Å². The van der Waals surface area contributed by atoms with E-state index in [4.69, 9.17) is 4.74 Å². The SMILES string of the molecule is COc1cc(/C=N\NC(=O)CN(c2c(C)cccc2C)S(C)(=O)=O)ccc1O. The highest BCUT2D eigenvalue weighted by molar-refractivity contribution is 7.92. The van der Waals surface area contributed by atoms with Gasteiger partial charge in [0, 0.05) is 0 Å². The van der Waals surface area contributed by atoms with Crippen molar-refractivity contribution in [1.82, 2.24) is 5.43 Å². The molecule has 0 unspecified atom stereocenters. The van der Waals surface area contributed by atoms with E-state index in [1.54, 1.807) is 38.1 Å². The zero-order valence-corrected chi connectivity index (χ0v) is 16.9. The molecule has 0 heterocycles. The van der Waals surface area contributed by atoms with E-state index in [9.17, 15) is 18.3 Å². The Morgan fingerprint density at radius 1 is 1.25 bits per heavy atom. The number of ether oxygens (including phenoxy) is 1. The number of nitrogens with zero attached hydrogens (tertiary/aromatic N) is 2. The van der Waals surface area contributed by atoms with Crippen molar-refractivity contribution in [2.24, 2.45) is 5.10 Å². The van der Waals surface area contributed by atoms with Crippen molar-refractivity contribution in [3.63, 3.8) is 0 Å².